The highest BCUT2D eigenvalue weighted by atomic mass is 16.7. The van der Waals surface area contributed by atoms with Gasteiger partial charge in [-0.2, -0.15) is 0 Å². The molecule has 0 spiro atoms. The average molecular weight is 276 g/mol. The molecule has 0 amide bonds. The van der Waals surface area contributed by atoms with Crippen LogP contribution in [-0.2, 0) is 9.31 Å². The van der Waals surface area contributed by atoms with Crippen molar-refractivity contribution in [1.29, 1.82) is 0 Å². The topological polar surface area (TPSA) is 38.7 Å². The van der Waals surface area contributed by atoms with Crippen LogP contribution in [0.1, 0.15) is 53.0 Å². The van der Waals surface area contributed by atoms with E-state index in [2.05, 4.69) is 0 Å². The number of benzene rings is 1. The van der Waals surface area contributed by atoms with E-state index in [1.165, 1.54) is 0 Å². The van der Waals surface area contributed by atoms with E-state index in [0.717, 1.165) is 5.56 Å². The third kappa shape index (κ3) is 2.52. The molecule has 2 rings (SSSR count). The van der Waals surface area contributed by atoms with Crippen molar-refractivity contribution in [2.45, 2.75) is 64.2 Å². The van der Waals surface area contributed by atoms with Gasteiger partial charge < -0.3 is 14.4 Å². The van der Waals surface area contributed by atoms with Gasteiger partial charge in [0.25, 0.3) is 0 Å². The van der Waals surface area contributed by atoms with Crippen LogP contribution in [0.4, 0.5) is 0 Å². The van der Waals surface area contributed by atoms with Gasteiger partial charge in [-0.1, -0.05) is 37.3 Å². The number of aliphatic hydroxyl groups is 1. The van der Waals surface area contributed by atoms with E-state index in [1.54, 1.807) is 6.92 Å². The molecule has 0 saturated carbocycles. The Morgan fingerprint density at radius 2 is 1.50 bits per heavy atom. The smallest absolute Gasteiger partial charge is 0.401 e. The maximum atomic E-state index is 11.0. The van der Waals surface area contributed by atoms with Gasteiger partial charge in [0.2, 0.25) is 0 Å². The molecule has 110 valence electrons. The van der Waals surface area contributed by atoms with E-state index < -0.39 is 23.8 Å². The highest BCUT2D eigenvalue weighted by molar-refractivity contribution is 6.49. The van der Waals surface area contributed by atoms with Crippen molar-refractivity contribution >= 4 is 7.12 Å². The van der Waals surface area contributed by atoms with Gasteiger partial charge in [-0.05, 0) is 40.2 Å². The van der Waals surface area contributed by atoms with E-state index in [4.69, 9.17) is 9.31 Å². The molecule has 1 aromatic carbocycles. The summed E-state index contributed by atoms with van der Waals surface area (Å²) in [6, 6.07) is 9.97. The molecule has 1 saturated heterocycles. The molecule has 1 heterocycles. The van der Waals surface area contributed by atoms with Crippen molar-refractivity contribution in [3.63, 3.8) is 0 Å². The Balaban J connectivity index is 2.24. The van der Waals surface area contributed by atoms with Gasteiger partial charge in [0.1, 0.15) is 5.50 Å². The fraction of sp³-hybridized carbons (Fsp3) is 0.625. The second kappa shape index (κ2) is 4.87. The van der Waals surface area contributed by atoms with Crippen LogP contribution in [0.25, 0.3) is 0 Å². The Morgan fingerprint density at radius 1 is 1.05 bits per heavy atom. The second-order valence-electron chi connectivity index (χ2n) is 6.95. The van der Waals surface area contributed by atoms with Gasteiger partial charge in [-0.25, -0.2) is 0 Å². The first-order chi connectivity index (χ1) is 9.08. The first-order valence-corrected chi connectivity index (χ1v) is 7.21. The zero-order valence-electron chi connectivity index (χ0n) is 13.3. The summed E-state index contributed by atoms with van der Waals surface area (Å²) in [6.45, 7) is 11.8. The summed E-state index contributed by atoms with van der Waals surface area (Å²) >= 11 is 0. The van der Waals surface area contributed by atoms with Crippen molar-refractivity contribution in [3.8, 4) is 0 Å². The van der Waals surface area contributed by atoms with Crippen molar-refractivity contribution < 1.29 is 14.4 Å². The quantitative estimate of drug-likeness (QED) is 0.862. The van der Waals surface area contributed by atoms with E-state index in [9.17, 15) is 5.11 Å². The molecule has 3 nitrogen and oxygen atoms in total. The minimum absolute atomic E-state index is 0.0848. The molecule has 2 unspecified atom stereocenters. The fourth-order valence-electron chi connectivity index (χ4n) is 2.36. The largest absolute Gasteiger partial charge is 0.492 e. The molecule has 0 aliphatic carbocycles. The average Bonchev–Trinajstić information content (AvgIpc) is 2.59. The van der Waals surface area contributed by atoms with Gasteiger partial charge in [-0.15, -0.1) is 0 Å². The first-order valence-electron chi connectivity index (χ1n) is 7.21. The number of hydrogen-bond acceptors (Lipinski definition) is 3. The lowest BCUT2D eigenvalue weighted by Crippen LogP contribution is -2.49. The summed E-state index contributed by atoms with van der Waals surface area (Å²) < 4.78 is 12.0. The molecule has 1 aromatic rings. The Labute approximate surface area is 122 Å². The van der Waals surface area contributed by atoms with E-state index in [1.807, 2.05) is 65.0 Å². The molecule has 1 aliphatic rings. The summed E-state index contributed by atoms with van der Waals surface area (Å²) in [5.74, 6) is -0.0848. The van der Waals surface area contributed by atoms with Crippen LogP contribution in [0.5, 0.6) is 0 Å². The number of rotatable bonds is 3. The maximum absolute atomic E-state index is 11.0. The van der Waals surface area contributed by atoms with Crippen molar-refractivity contribution in [1.82, 2.24) is 0 Å². The molecule has 1 aliphatic heterocycles. The molecular weight excluding hydrogens is 251 g/mol. The van der Waals surface area contributed by atoms with Crippen molar-refractivity contribution in [2.24, 2.45) is 0 Å². The molecule has 1 N–H and O–H groups in total. The lowest BCUT2D eigenvalue weighted by Gasteiger charge is -2.32. The van der Waals surface area contributed by atoms with Crippen LogP contribution < -0.4 is 0 Å². The van der Waals surface area contributed by atoms with Gasteiger partial charge >= 0.3 is 7.12 Å². The Bertz CT molecular complexity index is 452. The van der Waals surface area contributed by atoms with Gasteiger partial charge in [0, 0.05) is 5.92 Å². The van der Waals surface area contributed by atoms with Gasteiger partial charge in [-0.3, -0.25) is 0 Å². The van der Waals surface area contributed by atoms with E-state index in [0.29, 0.717) is 0 Å². The molecule has 0 aromatic heterocycles. The minimum Gasteiger partial charge on any atom is -0.401 e. The molecular formula is C16H25BO3. The second-order valence-corrected chi connectivity index (χ2v) is 6.95. The van der Waals surface area contributed by atoms with Crippen LogP contribution in [-0.4, -0.2) is 28.9 Å². The summed E-state index contributed by atoms with van der Waals surface area (Å²) in [5, 5.41) is 11.0. The predicted octanol–water partition coefficient (Wildman–Crippen LogP) is 3.17. The van der Waals surface area contributed by atoms with Crippen molar-refractivity contribution in [3.05, 3.63) is 35.9 Å². The molecule has 20 heavy (non-hydrogen) atoms. The first kappa shape index (κ1) is 15.6. The van der Waals surface area contributed by atoms with Crippen LogP contribution >= 0.6 is 0 Å². The standard InChI is InChI=1S/C16H25BO3/c1-12(13-10-8-7-9-11-13)16(6,18)17-19-14(2,3)15(4,5)20-17/h7-12,18H,1-6H3. The molecule has 2 atom stereocenters. The fourth-order valence-corrected chi connectivity index (χ4v) is 2.36. The van der Waals surface area contributed by atoms with Crippen LogP contribution in [0.2, 0.25) is 0 Å². The Hall–Kier alpha value is -0.835. The lowest BCUT2D eigenvalue weighted by molar-refractivity contribution is 0.00578. The third-order valence-electron chi connectivity index (χ3n) is 4.91. The van der Waals surface area contributed by atoms with Crippen LogP contribution in [0.3, 0.4) is 0 Å². The highest BCUT2D eigenvalue weighted by Gasteiger charge is 2.59. The summed E-state index contributed by atoms with van der Waals surface area (Å²) in [7, 11) is -0.636. The summed E-state index contributed by atoms with van der Waals surface area (Å²) in [4.78, 5) is 0. The molecule has 0 radical (unpaired) electrons. The van der Waals surface area contributed by atoms with Crippen molar-refractivity contribution in [2.75, 3.05) is 0 Å². The summed E-state index contributed by atoms with van der Waals surface area (Å²) in [5.41, 5.74) is -0.880. The maximum Gasteiger partial charge on any atom is 0.492 e. The highest BCUT2D eigenvalue weighted by Crippen LogP contribution is 2.42. The molecule has 4 heteroatoms. The SMILES string of the molecule is CC(c1ccccc1)C(C)(O)B1OC(C)(C)C(C)(C)O1. The zero-order chi connectivity index (χ0) is 15.2. The normalized spacial score (nSPS) is 25.2. The summed E-state index contributed by atoms with van der Waals surface area (Å²) in [6.07, 6.45) is 0. The van der Waals surface area contributed by atoms with Crippen LogP contribution in [0, 0.1) is 0 Å². The zero-order valence-corrected chi connectivity index (χ0v) is 13.3. The molecule has 0 bridgehead atoms. The lowest BCUT2D eigenvalue weighted by atomic mass is 9.60. The van der Waals surface area contributed by atoms with Crippen LogP contribution in [0.15, 0.2) is 30.3 Å². The van der Waals surface area contributed by atoms with Gasteiger partial charge in [0.15, 0.2) is 0 Å². The Kier molecular flexibility index (Phi) is 3.78. The minimum atomic E-state index is -1.09. The number of hydrogen-bond donors (Lipinski definition) is 1. The van der Waals surface area contributed by atoms with E-state index in [-0.39, 0.29) is 5.92 Å². The monoisotopic (exact) mass is 276 g/mol. The van der Waals surface area contributed by atoms with Gasteiger partial charge in [0.05, 0.1) is 11.2 Å². The molecule has 1 fully saturated rings. The Morgan fingerprint density at radius 3 is 1.95 bits per heavy atom. The predicted molar refractivity (Wildman–Crippen MR) is 81.6 cm³/mol. The van der Waals surface area contributed by atoms with E-state index >= 15 is 0 Å². The third-order valence-corrected chi connectivity index (χ3v) is 4.91.